The van der Waals surface area contributed by atoms with Crippen LogP contribution in [0.5, 0.6) is 5.75 Å². The van der Waals surface area contributed by atoms with E-state index in [4.69, 9.17) is 16.3 Å². The van der Waals surface area contributed by atoms with E-state index in [2.05, 4.69) is 22.6 Å². The Morgan fingerprint density at radius 3 is 3.00 bits per heavy atom. The van der Waals surface area contributed by atoms with E-state index < -0.39 is 0 Å². The zero-order valence-electron chi connectivity index (χ0n) is 11.6. The highest BCUT2D eigenvalue weighted by atomic mass is 35.5. The van der Waals surface area contributed by atoms with E-state index in [-0.39, 0.29) is 0 Å². The number of hydrogen-bond acceptors (Lipinski definition) is 4. The van der Waals surface area contributed by atoms with Crippen LogP contribution in [0.2, 0.25) is 5.02 Å². The van der Waals surface area contributed by atoms with Crippen LogP contribution < -0.4 is 10.1 Å². The molecular weight excluding hydrogens is 276 g/mol. The van der Waals surface area contributed by atoms with Crippen LogP contribution in [-0.2, 0) is 13.1 Å². The normalized spacial score (nSPS) is 10.7. The molecule has 0 saturated carbocycles. The molecule has 1 heterocycles. The first-order valence-corrected chi connectivity index (χ1v) is 7.14. The van der Waals surface area contributed by atoms with Gasteiger partial charge in [-0.1, -0.05) is 35.9 Å². The summed E-state index contributed by atoms with van der Waals surface area (Å²) >= 11 is 6.01. The van der Waals surface area contributed by atoms with Crippen molar-refractivity contribution in [3.05, 3.63) is 41.2 Å². The summed E-state index contributed by atoms with van der Waals surface area (Å²) in [5, 5.41) is 12.1. The fourth-order valence-electron chi connectivity index (χ4n) is 1.73. The molecule has 0 bridgehead atoms. The van der Waals surface area contributed by atoms with Gasteiger partial charge in [0.05, 0.1) is 17.3 Å². The molecule has 0 aliphatic rings. The molecule has 1 aromatic carbocycles. The zero-order valence-corrected chi connectivity index (χ0v) is 12.3. The number of hydrogen-bond donors (Lipinski definition) is 1. The molecule has 108 valence electrons. The van der Waals surface area contributed by atoms with E-state index >= 15 is 0 Å². The molecule has 2 aromatic rings. The number of nitrogens with one attached hydrogen (secondary N) is 1. The van der Waals surface area contributed by atoms with Crippen molar-refractivity contribution < 1.29 is 4.74 Å². The van der Waals surface area contributed by atoms with E-state index in [9.17, 15) is 0 Å². The Morgan fingerprint density at radius 2 is 2.20 bits per heavy atom. The average Bonchev–Trinajstić information content (AvgIpc) is 2.89. The van der Waals surface area contributed by atoms with Crippen molar-refractivity contribution in [2.24, 2.45) is 0 Å². The Balaban J connectivity index is 1.75. The van der Waals surface area contributed by atoms with Gasteiger partial charge in [-0.2, -0.15) is 0 Å². The largest absolute Gasteiger partial charge is 0.490 e. The fraction of sp³-hybridized carbons (Fsp3) is 0.429. The standard InChI is InChI=1S/C14H19ClN4O/c1-2-7-16-10-12-11-19(18-17-12)8-9-20-14-6-4-3-5-13(14)15/h3-6,11,16H,2,7-10H2,1H3. The molecular formula is C14H19ClN4O. The zero-order chi connectivity index (χ0) is 14.2. The number of aromatic nitrogens is 3. The Kier molecular flexibility index (Phi) is 5.83. The van der Waals surface area contributed by atoms with Gasteiger partial charge in [0, 0.05) is 12.7 Å². The molecule has 1 aromatic heterocycles. The summed E-state index contributed by atoms with van der Waals surface area (Å²) in [6.07, 6.45) is 3.04. The van der Waals surface area contributed by atoms with Gasteiger partial charge in [0.1, 0.15) is 12.4 Å². The molecule has 20 heavy (non-hydrogen) atoms. The lowest BCUT2D eigenvalue weighted by molar-refractivity contribution is 0.290. The van der Waals surface area contributed by atoms with Crippen LogP contribution in [0.4, 0.5) is 0 Å². The van der Waals surface area contributed by atoms with E-state index in [0.29, 0.717) is 23.9 Å². The Labute approximate surface area is 123 Å². The second-order valence-corrected chi connectivity index (χ2v) is 4.84. The van der Waals surface area contributed by atoms with Gasteiger partial charge >= 0.3 is 0 Å². The summed E-state index contributed by atoms with van der Waals surface area (Å²) in [5.41, 5.74) is 0.941. The van der Waals surface area contributed by atoms with Crippen LogP contribution in [0.3, 0.4) is 0 Å². The maximum absolute atomic E-state index is 6.01. The monoisotopic (exact) mass is 294 g/mol. The Bertz CT molecular complexity index is 529. The van der Waals surface area contributed by atoms with Crippen LogP contribution in [0, 0.1) is 0 Å². The van der Waals surface area contributed by atoms with Gasteiger partial charge in [0.2, 0.25) is 0 Å². The molecule has 0 atom stereocenters. The number of nitrogens with zero attached hydrogens (tertiary/aromatic N) is 3. The number of rotatable bonds is 8. The second-order valence-electron chi connectivity index (χ2n) is 4.43. The van der Waals surface area contributed by atoms with Crippen LogP contribution in [0.1, 0.15) is 19.0 Å². The molecule has 6 heteroatoms. The summed E-state index contributed by atoms with van der Waals surface area (Å²) in [6, 6.07) is 7.43. The SMILES string of the molecule is CCCNCc1cn(CCOc2ccccc2Cl)nn1. The minimum Gasteiger partial charge on any atom is -0.490 e. The Hall–Kier alpha value is -1.59. The van der Waals surface area contributed by atoms with Crippen molar-refractivity contribution in [2.45, 2.75) is 26.4 Å². The van der Waals surface area contributed by atoms with Gasteiger partial charge in [-0.25, -0.2) is 4.68 Å². The highest BCUT2D eigenvalue weighted by Crippen LogP contribution is 2.22. The summed E-state index contributed by atoms with van der Waals surface area (Å²) in [7, 11) is 0. The first-order valence-electron chi connectivity index (χ1n) is 6.76. The second kappa shape index (κ2) is 7.87. The van der Waals surface area contributed by atoms with Gasteiger partial charge in [-0.05, 0) is 25.1 Å². The lowest BCUT2D eigenvalue weighted by Crippen LogP contribution is -2.14. The predicted molar refractivity (Wildman–Crippen MR) is 79.0 cm³/mol. The summed E-state index contributed by atoms with van der Waals surface area (Å²) < 4.78 is 7.39. The highest BCUT2D eigenvalue weighted by molar-refractivity contribution is 6.32. The van der Waals surface area contributed by atoms with Crippen LogP contribution >= 0.6 is 11.6 Å². The van der Waals surface area contributed by atoms with Crippen LogP contribution in [0.15, 0.2) is 30.5 Å². The predicted octanol–water partition coefficient (Wildman–Crippen LogP) is 2.51. The van der Waals surface area contributed by atoms with Gasteiger partial charge in [0.25, 0.3) is 0 Å². The molecule has 0 aliphatic carbocycles. The molecule has 5 nitrogen and oxygen atoms in total. The average molecular weight is 295 g/mol. The molecule has 0 saturated heterocycles. The molecule has 2 rings (SSSR count). The smallest absolute Gasteiger partial charge is 0.137 e. The number of benzene rings is 1. The number of halogens is 1. The van der Waals surface area contributed by atoms with Gasteiger partial charge in [-0.3, -0.25) is 0 Å². The summed E-state index contributed by atoms with van der Waals surface area (Å²) in [5.74, 6) is 0.694. The third kappa shape index (κ3) is 4.51. The molecule has 0 radical (unpaired) electrons. The van der Waals surface area contributed by atoms with Crippen LogP contribution in [0.25, 0.3) is 0 Å². The summed E-state index contributed by atoms with van der Waals surface area (Å²) in [4.78, 5) is 0. The van der Waals surface area contributed by atoms with Crippen molar-refractivity contribution >= 4 is 11.6 Å². The Morgan fingerprint density at radius 1 is 1.35 bits per heavy atom. The van der Waals surface area contributed by atoms with E-state index in [0.717, 1.165) is 25.2 Å². The van der Waals surface area contributed by atoms with Crippen molar-refractivity contribution in [1.29, 1.82) is 0 Å². The topological polar surface area (TPSA) is 52.0 Å². The fourth-order valence-corrected chi connectivity index (χ4v) is 1.92. The molecule has 1 N–H and O–H groups in total. The third-order valence-electron chi connectivity index (χ3n) is 2.73. The van der Waals surface area contributed by atoms with Crippen molar-refractivity contribution in [2.75, 3.05) is 13.2 Å². The third-order valence-corrected chi connectivity index (χ3v) is 3.05. The minimum absolute atomic E-state index is 0.509. The first kappa shape index (κ1) is 14.8. The van der Waals surface area contributed by atoms with Gasteiger partial charge in [-0.15, -0.1) is 5.10 Å². The lowest BCUT2D eigenvalue weighted by Gasteiger charge is -2.07. The first-order chi connectivity index (χ1) is 9.79. The van der Waals surface area contributed by atoms with E-state index in [1.54, 1.807) is 4.68 Å². The van der Waals surface area contributed by atoms with E-state index in [1.165, 1.54) is 0 Å². The number of para-hydroxylation sites is 1. The van der Waals surface area contributed by atoms with Crippen molar-refractivity contribution in [1.82, 2.24) is 20.3 Å². The maximum atomic E-state index is 6.01. The van der Waals surface area contributed by atoms with Crippen molar-refractivity contribution in [3.63, 3.8) is 0 Å². The minimum atomic E-state index is 0.509. The highest BCUT2D eigenvalue weighted by Gasteiger charge is 2.02. The van der Waals surface area contributed by atoms with Gasteiger partial charge < -0.3 is 10.1 Å². The molecule has 0 amide bonds. The molecule has 0 fully saturated rings. The van der Waals surface area contributed by atoms with Crippen molar-refractivity contribution in [3.8, 4) is 5.75 Å². The lowest BCUT2D eigenvalue weighted by atomic mass is 10.3. The van der Waals surface area contributed by atoms with Crippen LogP contribution in [-0.4, -0.2) is 28.1 Å². The molecule has 0 aliphatic heterocycles. The quantitative estimate of drug-likeness (QED) is 0.760. The summed E-state index contributed by atoms with van der Waals surface area (Å²) in [6.45, 7) is 5.03. The van der Waals surface area contributed by atoms with Gasteiger partial charge in [0.15, 0.2) is 0 Å². The molecule has 0 spiro atoms. The molecule has 0 unspecified atom stereocenters. The maximum Gasteiger partial charge on any atom is 0.137 e. The van der Waals surface area contributed by atoms with E-state index in [1.807, 2.05) is 30.5 Å². The number of ether oxygens (including phenoxy) is 1.